The summed E-state index contributed by atoms with van der Waals surface area (Å²) < 4.78 is 49.3. The molecule has 3 heterocycles. The third kappa shape index (κ3) is 5.00. The fraction of sp³-hybridized carbons (Fsp3) is 0.407. The van der Waals surface area contributed by atoms with E-state index in [0.717, 1.165) is 40.7 Å². The lowest BCUT2D eigenvalue weighted by molar-refractivity contribution is 0.221. The predicted molar refractivity (Wildman–Crippen MR) is 141 cm³/mol. The summed E-state index contributed by atoms with van der Waals surface area (Å²) in [6, 6.07) is 7.59. The van der Waals surface area contributed by atoms with Gasteiger partial charge in [0.05, 0.1) is 16.8 Å². The van der Waals surface area contributed by atoms with E-state index in [9.17, 15) is 12.8 Å². The molecule has 0 spiro atoms. The van der Waals surface area contributed by atoms with Crippen LogP contribution in [-0.2, 0) is 22.9 Å². The first-order valence-electron chi connectivity index (χ1n) is 12.7. The molecule has 1 atom stereocenters. The number of aromatic nitrogens is 4. The number of nitrogens with zero attached hydrogens (tertiary/aromatic N) is 4. The SMILES string of the molecule is Cc1noc(-c2ccc(N[C@@H]3Cc4cc5cnc(C6CC6)cc5c(S(=O)(=O)NCC(C)(C)F)c4C3)cn2)n1. The Kier molecular flexibility index (Phi) is 5.95. The van der Waals surface area contributed by atoms with Crippen molar-refractivity contribution in [1.82, 2.24) is 24.8 Å². The van der Waals surface area contributed by atoms with Crippen LogP contribution in [0.4, 0.5) is 10.1 Å². The highest BCUT2D eigenvalue weighted by molar-refractivity contribution is 7.89. The van der Waals surface area contributed by atoms with Gasteiger partial charge in [0.25, 0.3) is 5.89 Å². The lowest BCUT2D eigenvalue weighted by Crippen LogP contribution is -2.36. The van der Waals surface area contributed by atoms with E-state index in [1.165, 1.54) is 13.8 Å². The summed E-state index contributed by atoms with van der Waals surface area (Å²) >= 11 is 0. The van der Waals surface area contributed by atoms with Crippen molar-refractivity contribution in [2.24, 2.45) is 0 Å². The molecule has 1 saturated carbocycles. The second kappa shape index (κ2) is 9.09. The van der Waals surface area contributed by atoms with Crippen molar-refractivity contribution >= 4 is 26.5 Å². The molecule has 9 nitrogen and oxygen atoms in total. The Labute approximate surface area is 220 Å². The van der Waals surface area contributed by atoms with Crippen molar-refractivity contribution in [3.8, 4) is 11.6 Å². The Morgan fingerprint density at radius 3 is 2.61 bits per heavy atom. The molecule has 38 heavy (non-hydrogen) atoms. The molecular formula is C27H29FN6O3S. The van der Waals surface area contributed by atoms with Gasteiger partial charge in [-0.2, -0.15) is 4.98 Å². The van der Waals surface area contributed by atoms with Crippen molar-refractivity contribution in [3.05, 3.63) is 59.3 Å². The summed E-state index contributed by atoms with van der Waals surface area (Å²) in [4.78, 5) is 13.5. The first-order valence-corrected chi connectivity index (χ1v) is 14.2. The Bertz CT molecular complexity index is 1630. The van der Waals surface area contributed by atoms with E-state index in [4.69, 9.17) is 4.52 Å². The fourth-order valence-corrected chi connectivity index (χ4v) is 6.64. The Morgan fingerprint density at radius 2 is 1.95 bits per heavy atom. The molecule has 0 unspecified atom stereocenters. The first-order chi connectivity index (χ1) is 18.1. The van der Waals surface area contributed by atoms with Gasteiger partial charge in [-0.25, -0.2) is 22.5 Å². The quantitative estimate of drug-likeness (QED) is 0.338. The number of nitrogens with one attached hydrogen (secondary N) is 2. The van der Waals surface area contributed by atoms with E-state index in [2.05, 4.69) is 30.1 Å². The van der Waals surface area contributed by atoms with Crippen molar-refractivity contribution in [1.29, 1.82) is 0 Å². The van der Waals surface area contributed by atoms with Gasteiger partial charge in [0.2, 0.25) is 10.0 Å². The number of rotatable bonds is 8. The lowest BCUT2D eigenvalue weighted by atomic mass is 10.0. The van der Waals surface area contributed by atoms with Crippen LogP contribution < -0.4 is 10.0 Å². The fourth-order valence-electron chi connectivity index (χ4n) is 4.96. The van der Waals surface area contributed by atoms with Crippen molar-refractivity contribution < 1.29 is 17.3 Å². The second-order valence-electron chi connectivity index (χ2n) is 10.8. The zero-order chi connectivity index (χ0) is 26.7. The van der Waals surface area contributed by atoms with E-state index in [0.29, 0.717) is 41.6 Å². The minimum atomic E-state index is -3.98. The number of benzene rings is 1. The predicted octanol–water partition coefficient (Wildman–Crippen LogP) is 4.47. The minimum Gasteiger partial charge on any atom is -0.380 e. The van der Waals surface area contributed by atoms with Crippen LogP contribution in [0.2, 0.25) is 0 Å². The van der Waals surface area contributed by atoms with E-state index in [1.807, 2.05) is 18.2 Å². The van der Waals surface area contributed by atoms with Gasteiger partial charge >= 0.3 is 0 Å². The largest absolute Gasteiger partial charge is 0.380 e. The van der Waals surface area contributed by atoms with Crippen LogP contribution in [0.15, 0.2) is 46.1 Å². The van der Waals surface area contributed by atoms with E-state index in [1.54, 1.807) is 25.4 Å². The smallest absolute Gasteiger partial charge is 0.276 e. The summed E-state index contributed by atoms with van der Waals surface area (Å²) in [5, 5.41) is 8.69. The number of aryl methyl sites for hydroxylation is 1. The summed E-state index contributed by atoms with van der Waals surface area (Å²) in [6.45, 7) is 4.16. The second-order valence-corrected chi connectivity index (χ2v) is 12.5. The van der Waals surface area contributed by atoms with Crippen molar-refractivity contribution in [2.75, 3.05) is 11.9 Å². The molecule has 0 bridgehead atoms. The van der Waals surface area contributed by atoms with Gasteiger partial charge in [-0.15, -0.1) is 0 Å². The van der Waals surface area contributed by atoms with Gasteiger partial charge < -0.3 is 9.84 Å². The molecule has 3 aromatic heterocycles. The van der Waals surface area contributed by atoms with Crippen molar-refractivity contribution in [3.63, 3.8) is 0 Å². The molecule has 11 heteroatoms. The number of halogens is 1. The van der Waals surface area contributed by atoms with Gasteiger partial charge in [0, 0.05) is 41.2 Å². The molecule has 198 valence electrons. The third-order valence-corrected chi connectivity index (χ3v) is 8.46. The molecule has 2 aliphatic carbocycles. The third-order valence-electron chi connectivity index (χ3n) is 6.94. The number of sulfonamides is 1. The Balaban J connectivity index is 1.32. The van der Waals surface area contributed by atoms with Gasteiger partial charge in [-0.1, -0.05) is 5.16 Å². The van der Waals surface area contributed by atoms with E-state index < -0.39 is 15.7 Å². The van der Waals surface area contributed by atoms with Crippen LogP contribution >= 0.6 is 0 Å². The van der Waals surface area contributed by atoms with E-state index >= 15 is 0 Å². The lowest BCUT2D eigenvalue weighted by Gasteiger charge is -2.18. The molecule has 2 N–H and O–H groups in total. The number of hydrogen-bond donors (Lipinski definition) is 2. The standard InChI is InChI=1S/C27H29FN6O3S/c1-15-32-26(37-34-15)23-7-6-19(13-30-23)33-20-9-17-8-18-12-29-24(16-4-5-16)11-22(18)25(21(17)10-20)38(35,36)31-14-27(2,3)28/h6-8,11-13,16,20,31,33H,4-5,9-10,14H2,1-3H3/t20-/m1/s1. The van der Waals surface area contributed by atoms with Crippen LogP contribution in [-0.4, -0.2) is 46.8 Å². The average Bonchev–Trinajstić information content (AvgIpc) is 3.51. The van der Waals surface area contributed by atoms with Crippen LogP contribution in [0.3, 0.4) is 0 Å². The first kappa shape index (κ1) is 24.9. The van der Waals surface area contributed by atoms with E-state index in [-0.39, 0.29) is 17.5 Å². The summed E-state index contributed by atoms with van der Waals surface area (Å²) in [5.41, 5.74) is 2.32. The van der Waals surface area contributed by atoms with Crippen LogP contribution in [0.25, 0.3) is 22.4 Å². The summed E-state index contributed by atoms with van der Waals surface area (Å²) in [6.07, 6.45) is 6.73. The molecule has 0 amide bonds. The molecular weight excluding hydrogens is 507 g/mol. The maximum absolute atomic E-state index is 14.3. The molecule has 1 aromatic carbocycles. The number of pyridine rings is 2. The highest BCUT2D eigenvalue weighted by atomic mass is 32.2. The number of fused-ring (bicyclic) bond motifs is 2. The van der Waals surface area contributed by atoms with Gasteiger partial charge in [0.15, 0.2) is 5.82 Å². The van der Waals surface area contributed by atoms with Gasteiger partial charge in [-0.05, 0) is 81.8 Å². The summed E-state index contributed by atoms with van der Waals surface area (Å²) in [5.74, 6) is 1.27. The molecule has 0 saturated heterocycles. The zero-order valence-electron chi connectivity index (χ0n) is 21.5. The maximum atomic E-state index is 14.3. The van der Waals surface area contributed by atoms with Crippen LogP contribution in [0.1, 0.15) is 55.3 Å². The zero-order valence-corrected chi connectivity index (χ0v) is 22.3. The topological polar surface area (TPSA) is 123 Å². The molecule has 6 rings (SSSR count). The monoisotopic (exact) mass is 536 g/mol. The summed E-state index contributed by atoms with van der Waals surface area (Å²) in [7, 11) is -3.98. The van der Waals surface area contributed by atoms with Crippen LogP contribution in [0.5, 0.6) is 0 Å². The molecule has 4 aromatic rings. The molecule has 0 radical (unpaired) electrons. The van der Waals surface area contributed by atoms with Gasteiger partial charge in [-0.3, -0.25) is 4.98 Å². The average molecular weight is 537 g/mol. The minimum absolute atomic E-state index is 0.0393. The number of alkyl halides is 1. The van der Waals surface area contributed by atoms with Crippen molar-refractivity contribution in [2.45, 2.75) is 69.0 Å². The Morgan fingerprint density at radius 1 is 1.13 bits per heavy atom. The number of hydrogen-bond acceptors (Lipinski definition) is 8. The van der Waals surface area contributed by atoms with Crippen LogP contribution in [0, 0.1) is 6.92 Å². The number of anilines is 1. The van der Waals surface area contributed by atoms with Gasteiger partial charge in [0.1, 0.15) is 11.4 Å². The maximum Gasteiger partial charge on any atom is 0.276 e. The highest BCUT2D eigenvalue weighted by Gasteiger charge is 2.33. The molecule has 2 aliphatic rings. The Hall–Kier alpha value is -3.44. The molecule has 0 aliphatic heterocycles. The highest BCUT2D eigenvalue weighted by Crippen LogP contribution is 2.42. The molecule has 1 fully saturated rings. The normalized spacial score (nSPS) is 17.6.